The van der Waals surface area contributed by atoms with E-state index < -0.39 is 11.2 Å². The second-order valence-corrected chi connectivity index (χ2v) is 8.57. The van der Waals surface area contributed by atoms with Crippen LogP contribution in [0.1, 0.15) is 25.6 Å². The van der Waals surface area contributed by atoms with Crippen molar-refractivity contribution in [2.24, 2.45) is 7.05 Å². The number of amides is 1. The zero-order valence-corrected chi connectivity index (χ0v) is 19.0. The largest absolute Gasteiger partial charge is 0.379 e. The van der Waals surface area contributed by atoms with Crippen LogP contribution in [0.15, 0.2) is 9.59 Å². The first-order valence-electron chi connectivity index (χ1n) is 11.5. The van der Waals surface area contributed by atoms with Gasteiger partial charge in [0.15, 0.2) is 11.2 Å². The number of ether oxygens (including phenoxy) is 1. The molecule has 0 aromatic carbocycles. The van der Waals surface area contributed by atoms with Crippen molar-refractivity contribution in [3.05, 3.63) is 26.7 Å². The summed E-state index contributed by atoms with van der Waals surface area (Å²) in [7, 11) is 1.82. The molecule has 2 aliphatic heterocycles. The number of aromatic amines is 1. The smallest absolute Gasteiger partial charge is 0.330 e. The summed E-state index contributed by atoms with van der Waals surface area (Å²) in [4.78, 5) is 50.8. The van der Waals surface area contributed by atoms with E-state index in [0.29, 0.717) is 57.1 Å². The number of imidazole rings is 1. The summed E-state index contributed by atoms with van der Waals surface area (Å²) >= 11 is 0. The summed E-state index contributed by atoms with van der Waals surface area (Å²) in [5.74, 6) is 0.912. The number of piperazine rings is 1. The highest BCUT2D eigenvalue weighted by atomic mass is 16.5. The maximum absolute atomic E-state index is 12.6. The van der Waals surface area contributed by atoms with Crippen molar-refractivity contribution in [1.82, 2.24) is 33.8 Å². The molecule has 11 nitrogen and oxygen atoms in total. The highest BCUT2D eigenvalue weighted by molar-refractivity contribution is 5.78. The van der Waals surface area contributed by atoms with Crippen LogP contribution >= 0.6 is 0 Å². The van der Waals surface area contributed by atoms with Crippen molar-refractivity contribution in [2.75, 3.05) is 59.0 Å². The van der Waals surface area contributed by atoms with Crippen LogP contribution in [0.4, 0.5) is 0 Å². The Morgan fingerprint density at radius 3 is 2.47 bits per heavy atom. The van der Waals surface area contributed by atoms with Crippen LogP contribution in [0.5, 0.6) is 0 Å². The summed E-state index contributed by atoms with van der Waals surface area (Å²) in [6.07, 6.45) is 1.79. The highest BCUT2D eigenvalue weighted by Gasteiger charge is 2.25. The molecule has 32 heavy (non-hydrogen) atoms. The minimum absolute atomic E-state index is 0.167. The number of aromatic nitrogens is 4. The fourth-order valence-corrected chi connectivity index (χ4v) is 4.36. The van der Waals surface area contributed by atoms with Gasteiger partial charge in [0, 0.05) is 52.9 Å². The van der Waals surface area contributed by atoms with E-state index in [0.717, 1.165) is 44.8 Å². The van der Waals surface area contributed by atoms with Crippen LogP contribution in [0.25, 0.3) is 11.2 Å². The van der Waals surface area contributed by atoms with Gasteiger partial charge in [-0.25, -0.2) is 9.78 Å². The number of carbonyl (C=O) groups is 1. The Hall–Kier alpha value is -2.50. The standard InChI is InChI=1S/C21H33N7O4/c1-3-4-5-28-19-18(20(30)23-21(28)31)24(2)16(22-19)14-25-6-8-27(9-7-25)17(29)15-26-10-12-32-13-11-26/h3-15H2,1-2H3,(H,23,30,31). The maximum atomic E-state index is 12.6. The molecule has 2 aromatic heterocycles. The second kappa shape index (κ2) is 9.97. The van der Waals surface area contributed by atoms with Crippen molar-refractivity contribution in [1.29, 1.82) is 0 Å². The van der Waals surface area contributed by atoms with E-state index in [9.17, 15) is 14.4 Å². The van der Waals surface area contributed by atoms with E-state index in [-0.39, 0.29) is 5.91 Å². The first-order chi connectivity index (χ1) is 15.5. The molecule has 176 valence electrons. The summed E-state index contributed by atoms with van der Waals surface area (Å²) in [5, 5.41) is 0. The quantitative estimate of drug-likeness (QED) is 0.592. The van der Waals surface area contributed by atoms with Crippen molar-refractivity contribution in [3.63, 3.8) is 0 Å². The van der Waals surface area contributed by atoms with Gasteiger partial charge < -0.3 is 14.2 Å². The van der Waals surface area contributed by atoms with Gasteiger partial charge in [-0.1, -0.05) is 13.3 Å². The van der Waals surface area contributed by atoms with Gasteiger partial charge in [0.1, 0.15) is 5.82 Å². The van der Waals surface area contributed by atoms with Crippen molar-refractivity contribution >= 4 is 17.1 Å². The van der Waals surface area contributed by atoms with Crippen LogP contribution in [-0.2, 0) is 29.7 Å². The molecule has 0 bridgehead atoms. The Labute approximate surface area is 186 Å². The highest BCUT2D eigenvalue weighted by Crippen LogP contribution is 2.14. The van der Waals surface area contributed by atoms with E-state index in [1.807, 2.05) is 11.9 Å². The Morgan fingerprint density at radius 1 is 1.06 bits per heavy atom. The maximum Gasteiger partial charge on any atom is 0.330 e. The number of fused-ring (bicyclic) bond motifs is 1. The van der Waals surface area contributed by atoms with Crippen LogP contribution in [0.3, 0.4) is 0 Å². The fourth-order valence-electron chi connectivity index (χ4n) is 4.36. The molecule has 0 spiro atoms. The molecule has 0 unspecified atom stereocenters. The SMILES string of the molecule is CCCCn1c(=O)[nH]c(=O)c2c1nc(CN1CCN(C(=O)CN3CCOCC3)CC1)n2C. The molecule has 0 radical (unpaired) electrons. The van der Waals surface area contributed by atoms with E-state index in [4.69, 9.17) is 4.74 Å². The Kier molecular flexibility index (Phi) is 7.07. The number of rotatable bonds is 7. The van der Waals surface area contributed by atoms with Crippen molar-refractivity contribution in [3.8, 4) is 0 Å². The average molecular weight is 448 g/mol. The van der Waals surface area contributed by atoms with Gasteiger partial charge in [0.05, 0.1) is 26.3 Å². The molecular weight excluding hydrogens is 414 g/mol. The van der Waals surface area contributed by atoms with E-state index in [1.165, 1.54) is 0 Å². The Bertz CT molecular complexity index is 1060. The molecule has 2 saturated heterocycles. The van der Waals surface area contributed by atoms with Gasteiger partial charge in [-0.05, 0) is 6.42 Å². The number of morpholine rings is 1. The zero-order valence-electron chi connectivity index (χ0n) is 19.0. The van der Waals surface area contributed by atoms with Gasteiger partial charge in [-0.15, -0.1) is 0 Å². The predicted octanol–water partition coefficient (Wildman–Crippen LogP) is -0.800. The van der Waals surface area contributed by atoms with Gasteiger partial charge in [-0.2, -0.15) is 0 Å². The topological polar surface area (TPSA) is 109 Å². The number of H-pyrrole nitrogens is 1. The molecule has 4 rings (SSSR count). The second-order valence-electron chi connectivity index (χ2n) is 8.57. The van der Waals surface area contributed by atoms with E-state index in [1.54, 1.807) is 9.13 Å². The predicted molar refractivity (Wildman–Crippen MR) is 120 cm³/mol. The molecule has 1 amide bonds. The van der Waals surface area contributed by atoms with Crippen molar-refractivity contribution in [2.45, 2.75) is 32.9 Å². The lowest BCUT2D eigenvalue weighted by atomic mass is 10.3. The monoisotopic (exact) mass is 447 g/mol. The number of hydrogen-bond donors (Lipinski definition) is 1. The van der Waals surface area contributed by atoms with Crippen LogP contribution < -0.4 is 11.2 Å². The third-order valence-corrected chi connectivity index (χ3v) is 6.39. The molecule has 0 saturated carbocycles. The lowest BCUT2D eigenvalue weighted by molar-refractivity contribution is -0.135. The zero-order chi connectivity index (χ0) is 22.7. The number of aryl methyl sites for hydroxylation is 2. The molecule has 0 atom stereocenters. The summed E-state index contributed by atoms with van der Waals surface area (Å²) in [5.41, 5.74) is 0.0598. The normalized spacial score (nSPS) is 18.5. The van der Waals surface area contributed by atoms with Gasteiger partial charge in [0.2, 0.25) is 5.91 Å². The molecule has 11 heteroatoms. The van der Waals surface area contributed by atoms with Crippen molar-refractivity contribution < 1.29 is 9.53 Å². The number of hydrogen-bond acceptors (Lipinski definition) is 7. The minimum atomic E-state index is -0.409. The lowest BCUT2D eigenvalue weighted by Crippen LogP contribution is -2.52. The fraction of sp³-hybridized carbons (Fsp3) is 0.714. The Balaban J connectivity index is 1.41. The first-order valence-corrected chi connectivity index (χ1v) is 11.5. The molecule has 0 aliphatic carbocycles. The third kappa shape index (κ3) is 4.79. The number of nitrogens with one attached hydrogen (secondary N) is 1. The van der Waals surface area contributed by atoms with Gasteiger partial charge in [0.25, 0.3) is 5.56 Å². The minimum Gasteiger partial charge on any atom is -0.379 e. The van der Waals surface area contributed by atoms with E-state index >= 15 is 0 Å². The summed E-state index contributed by atoms with van der Waals surface area (Å²) in [6.45, 7) is 9.44. The molecule has 1 N–H and O–H groups in total. The Morgan fingerprint density at radius 2 is 1.78 bits per heavy atom. The molecule has 2 aromatic rings. The summed E-state index contributed by atoms with van der Waals surface area (Å²) < 4.78 is 8.69. The third-order valence-electron chi connectivity index (χ3n) is 6.39. The number of nitrogens with zero attached hydrogens (tertiary/aromatic N) is 6. The van der Waals surface area contributed by atoms with Crippen LogP contribution in [0, 0.1) is 0 Å². The molecular formula is C21H33N7O4. The van der Waals surface area contributed by atoms with Crippen LogP contribution in [0.2, 0.25) is 0 Å². The lowest BCUT2D eigenvalue weighted by Gasteiger charge is -2.36. The summed E-state index contributed by atoms with van der Waals surface area (Å²) in [6, 6.07) is 0. The van der Waals surface area contributed by atoms with Gasteiger partial charge in [-0.3, -0.25) is 28.9 Å². The first kappa shape index (κ1) is 22.7. The molecule has 4 heterocycles. The van der Waals surface area contributed by atoms with Crippen LogP contribution in [-0.4, -0.2) is 98.7 Å². The number of carbonyl (C=O) groups excluding carboxylic acids is 1. The van der Waals surface area contributed by atoms with Gasteiger partial charge >= 0.3 is 5.69 Å². The molecule has 2 aliphatic rings. The van der Waals surface area contributed by atoms with E-state index in [2.05, 4.69) is 26.7 Å². The molecule has 2 fully saturated rings. The number of unbranched alkanes of at least 4 members (excludes halogenated alkanes) is 1. The average Bonchev–Trinajstić information content (AvgIpc) is 3.11.